The molecule has 1 aliphatic rings. The number of methoxy groups -OCH3 is 1. The Morgan fingerprint density at radius 1 is 1.32 bits per heavy atom. The van der Waals surface area contributed by atoms with Crippen molar-refractivity contribution < 1.29 is 18.3 Å². The lowest BCUT2D eigenvalue weighted by molar-refractivity contribution is 0.186. The molecular weight excluding hydrogens is 384 g/mol. The van der Waals surface area contributed by atoms with Gasteiger partial charge in [-0.05, 0) is 43.7 Å². The average molecular weight is 410 g/mol. The standard InChI is InChI=1S/C20H25F2N3O2S/c1-13-3-6-15(7-4-13)23-19(26)24-20-25(9-10-27-2)12-18(28-20)16-8-5-14(21)11-17(16)22/h5,8,11-13,15H,3-4,6-7,9-10H2,1-2H3,(H,23,26)/b24-20-. The van der Waals surface area contributed by atoms with Gasteiger partial charge in [-0.15, -0.1) is 0 Å². The first kappa shape index (κ1) is 20.7. The number of halogens is 2. The molecule has 2 amide bonds. The van der Waals surface area contributed by atoms with Gasteiger partial charge in [0.1, 0.15) is 11.6 Å². The molecule has 3 rings (SSSR count). The second-order valence-corrected chi connectivity index (χ2v) is 8.22. The summed E-state index contributed by atoms with van der Waals surface area (Å²) in [5.41, 5.74) is 0.278. The fourth-order valence-corrected chi connectivity index (χ4v) is 4.37. The molecule has 0 bridgehead atoms. The van der Waals surface area contributed by atoms with Crippen LogP contribution in [0.5, 0.6) is 0 Å². The van der Waals surface area contributed by atoms with Crippen molar-refractivity contribution in [3.63, 3.8) is 0 Å². The highest BCUT2D eigenvalue weighted by atomic mass is 32.1. The molecule has 0 saturated heterocycles. The summed E-state index contributed by atoms with van der Waals surface area (Å²) in [7, 11) is 1.58. The highest BCUT2D eigenvalue weighted by Gasteiger charge is 2.19. The summed E-state index contributed by atoms with van der Waals surface area (Å²) in [6, 6.07) is 3.21. The second-order valence-electron chi connectivity index (χ2n) is 7.21. The summed E-state index contributed by atoms with van der Waals surface area (Å²) in [5.74, 6) is -0.574. The molecule has 1 aromatic heterocycles. The molecule has 152 valence electrons. The van der Waals surface area contributed by atoms with Crippen LogP contribution < -0.4 is 10.1 Å². The molecular formula is C20H25F2N3O2S. The molecule has 5 nitrogen and oxygen atoms in total. The van der Waals surface area contributed by atoms with Crippen LogP contribution in [0.2, 0.25) is 0 Å². The number of aromatic nitrogens is 1. The number of thiazole rings is 1. The second kappa shape index (κ2) is 9.43. The smallest absolute Gasteiger partial charge is 0.343 e. The van der Waals surface area contributed by atoms with Gasteiger partial charge in [-0.2, -0.15) is 4.99 Å². The van der Waals surface area contributed by atoms with Crippen LogP contribution in [0.3, 0.4) is 0 Å². The molecule has 1 heterocycles. The molecule has 2 aromatic rings. The van der Waals surface area contributed by atoms with Crippen molar-refractivity contribution in [2.45, 2.75) is 45.2 Å². The normalized spacial score (nSPS) is 20.4. The number of ether oxygens (including phenoxy) is 1. The molecule has 0 radical (unpaired) electrons. The van der Waals surface area contributed by atoms with Gasteiger partial charge in [-0.1, -0.05) is 18.3 Å². The molecule has 1 saturated carbocycles. The van der Waals surface area contributed by atoms with Crippen LogP contribution in [0.15, 0.2) is 29.4 Å². The van der Waals surface area contributed by atoms with Gasteiger partial charge in [0.05, 0.1) is 11.5 Å². The van der Waals surface area contributed by atoms with Crippen molar-refractivity contribution in [1.29, 1.82) is 0 Å². The van der Waals surface area contributed by atoms with E-state index in [0.717, 1.165) is 31.7 Å². The maximum Gasteiger partial charge on any atom is 0.343 e. The number of amides is 2. The third-order valence-electron chi connectivity index (χ3n) is 4.99. The third kappa shape index (κ3) is 5.26. The third-order valence-corrected chi connectivity index (χ3v) is 6.05. The van der Waals surface area contributed by atoms with Crippen molar-refractivity contribution >= 4 is 17.4 Å². The molecule has 0 atom stereocenters. The Labute approximate surface area is 167 Å². The van der Waals surface area contributed by atoms with Gasteiger partial charge >= 0.3 is 6.03 Å². The van der Waals surface area contributed by atoms with Crippen molar-refractivity contribution in [2.75, 3.05) is 13.7 Å². The summed E-state index contributed by atoms with van der Waals surface area (Å²) < 4.78 is 34.2. The molecule has 0 spiro atoms. The summed E-state index contributed by atoms with van der Waals surface area (Å²) in [5, 5.41) is 2.97. The van der Waals surface area contributed by atoms with E-state index in [0.29, 0.717) is 28.7 Å². The van der Waals surface area contributed by atoms with E-state index in [1.165, 1.54) is 23.5 Å². The van der Waals surface area contributed by atoms with Crippen molar-refractivity contribution in [3.8, 4) is 10.4 Å². The van der Waals surface area contributed by atoms with Gasteiger partial charge in [0.25, 0.3) is 0 Å². The quantitative estimate of drug-likeness (QED) is 0.799. The van der Waals surface area contributed by atoms with E-state index in [1.54, 1.807) is 17.9 Å². The van der Waals surface area contributed by atoms with Crippen LogP contribution in [0.4, 0.5) is 13.6 Å². The first-order chi connectivity index (χ1) is 13.5. The van der Waals surface area contributed by atoms with Gasteiger partial charge in [0, 0.05) is 37.5 Å². The Balaban J connectivity index is 1.84. The Bertz CT molecular complexity index is 886. The predicted octanol–water partition coefficient (Wildman–Crippen LogP) is 4.33. The van der Waals surface area contributed by atoms with Crippen molar-refractivity contribution in [1.82, 2.24) is 9.88 Å². The van der Waals surface area contributed by atoms with Crippen LogP contribution in [0.25, 0.3) is 10.4 Å². The van der Waals surface area contributed by atoms with E-state index in [1.807, 2.05) is 0 Å². The number of hydrogen-bond acceptors (Lipinski definition) is 3. The molecule has 1 fully saturated rings. The molecule has 8 heteroatoms. The zero-order valence-electron chi connectivity index (χ0n) is 16.1. The number of carbonyl (C=O) groups excluding carboxylic acids is 1. The van der Waals surface area contributed by atoms with E-state index < -0.39 is 17.7 Å². The Morgan fingerprint density at radius 3 is 2.75 bits per heavy atom. The van der Waals surface area contributed by atoms with Crippen LogP contribution in [-0.4, -0.2) is 30.4 Å². The van der Waals surface area contributed by atoms with Crippen LogP contribution >= 0.6 is 11.3 Å². The number of nitrogens with zero attached hydrogens (tertiary/aromatic N) is 2. The van der Waals surface area contributed by atoms with Crippen LogP contribution in [0.1, 0.15) is 32.6 Å². The number of urea groups is 1. The largest absolute Gasteiger partial charge is 0.383 e. The summed E-state index contributed by atoms with van der Waals surface area (Å²) in [4.78, 5) is 17.6. The monoisotopic (exact) mass is 409 g/mol. The highest BCUT2D eigenvalue weighted by molar-refractivity contribution is 7.12. The highest BCUT2D eigenvalue weighted by Crippen LogP contribution is 2.26. The number of hydrogen-bond donors (Lipinski definition) is 1. The van der Waals surface area contributed by atoms with E-state index >= 15 is 0 Å². The van der Waals surface area contributed by atoms with E-state index in [4.69, 9.17) is 4.74 Å². The van der Waals surface area contributed by atoms with Crippen LogP contribution in [0, 0.1) is 17.6 Å². The molecule has 1 aliphatic carbocycles. The summed E-state index contributed by atoms with van der Waals surface area (Å²) in [6.07, 6.45) is 5.84. The van der Waals surface area contributed by atoms with Gasteiger partial charge in [0.15, 0.2) is 4.80 Å². The zero-order chi connectivity index (χ0) is 20.1. The number of nitrogens with one attached hydrogen (secondary N) is 1. The average Bonchev–Trinajstić information content (AvgIpc) is 3.04. The maximum absolute atomic E-state index is 14.2. The Hall–Kier alpha value is -2.06. The maximum atomic E-state index is 14.2. The number of rotatable bonds is 5. The minimum Gasteiger partial charge on any atom is -0.383 e. The Kier molecular flexibility index (Phi) is 6.96. The fraction of sp³-hybridized carbons (Fsp3) is 0.500. The fourth-order valence-electron chi connectivity index (χ4n) is 3.33. The molecule has 0 unspecified atom stereocenters. The molecule has 0 aliphatic heterocycles. The molecule has 1 aromatic carbocycles. The van der Waals surface area contributed by atoms with Crippen LogP contribution in [-0.2, 0) is 11.3 Å². The van der Waals surface area contributed by atoms with Gasteiger partial charge in [-0.3, -0.25) is 0 Å². The van der Waals surface area contributed by atoms with E-state index in [-0.39, 0.29) is 11.6 Å². The lowest BCUT2D eigenvalue weighted by Gasteiger charge is -2.26. The Morgan fingerprint density at radius 2 is 2.07 bits per heavy atom. The zero-order valence-corrected chi connectivity index (χ0v) is 16.9. The van der Waals surface area contributed by atoms with E-state index in [9.17, 15) is 13.6 Å². The first-order valence-electron chi connectivity index (χ1n) is 9.46. The summed E-state index contributed by atoms with van der Waals surface area (Å²) >= 11 is 1.19. The lowest BCUT2D eigenvalue weighted by atomic mass is 9.87. The van der Waals surface area contributed by atoms with Crippen molar-refractivity contribution in [2.24, 2.45) is 10.9 Å². The van der Waals surface area contributed by atoms with Gasteiger partial charge < -0.3 is 14.6 Å². The summed E-state index contributed by atoms with van der Waals surface area (Å²) in [6.45, 7) is 3.13. The number of carbonyl (C=O) groups is 1. The first-order valence-corrected chi connectivity index (χ1v) is 10.3. The molecule has 1 N–H and O–H groups in total. The minimum atomic E-state index is -0.646. The lowest BCUT2D eigenvalue weighted by Crippen LogP contribution is -2.36. The molecule has 28 heavy (non-hydrogen) atoms. The van der Waals surface area contributed by atoms with Gasteiger partial charge in [-0.25, -0.2) is 13.6 Å². The number of benzene rings is 1. The van der Waals surface area contributed by atoms with Gasteiger partial charge in [0.2, 0.25) is 0 Å². The van der Waals surface area contributed by atoms with E-state index in [2.05, 4.69) is 17.2 Å². The SMILES string of the molecule is COCCn1cc(-c2ccc(F)cc2F)s/c1=N\C(=O)NC1CCC(C)CC1. The van der Waals surface area contributed by atoms with Crippen molar-refractivity contribution in [3.05, 3.63) is 40.8 Å². The topological polar surface area (TPSA) is 55.6 Å². The predicted molar refractivity (Wildman–Crippen MR) is 105 cm³/mol. The minimum absolute atomic E-state index is 0.147.